The number of thiophene rings is 1. The third-order valence-electron chi connectivity index (χ3n) is 7.10. The van der Waals surface area contributed by atoms with E-state index in [-0.39, 0.29) is 23.6 Å². The second-order valence-electron chi connectivity index (χ2n) is 9.99. The Balaban J connectivity index is 1.47. The molecule has 2 aromatic heterocycles. The Bertz CT molecular complexity index is 1810. The van der Waals surface area contributed by atoms with Crippen LogP contribution in [0, 0.1) is 0 Å². The van der Waals surface area contributed by atoms with Crippen LogP contribution in [0.25, 0.3) is 16.5 Å². The number of benzene rings is 3. The predicted molar refractivity (Wildman–Crippen MR) is 159 cm³/mol. The second kappa shape index (κ2) is 10.7. The van der Waals surface area contributed by atoms with Gasteiger partial charge in [0.25, 0.3) is 5.56 Å². The van der Waals surface area contributed by atoms with Crippen molar-refractivity contribution < 1.29 is 19.1 Å². The number of rotatable bonds is 6. The summed E-state index contributed by atoms with van der Waals surface area (Å²) in [6, 6.07) is 22.3. The number of nitrogens with one attached hydrogen (secondary N) is 1. The van der Waals surface area contributed by atoms with Crippen molar-refractivity contribution in [3.8, 4) is 17.2 Å². The quantitative estimate of drug-likeness (QED) is 0.232. The lowest BCUT2D eigenvalue weighted by molar-refractivity contribution is -0.116. The number of fused-ring (bicyclic) bond motifs is 3. The lowest BCUT2D eigenvalue weighted by Gasteiger charge is -2.27. The number of carbonyl (C=O) groups excluding carboxylic acids is 2. The number of carbonyl (C=O) groups is 2. The highest BCUT2D eigenvalue weighted by atomic mass is 32.1. The van der Waals surface area contributed by atoms with Gasteiger partial charge in [-0.3, -0.25) is 9.59 Å². The standard InChI is InChI=1S/C32H27N3O5S/c1-4-39-32(38)28-23-17-41-30(27(23)31(37)35(34-28)20-15-13-19(14-16-20)18(2)3)33-29(36)26-21-9-5-7-11-24(21)40-25-12-8-6-10-22(25)26/h5-18,26H,4H2,1-3H3,(H,33,36). The van der Waals surface area contributed by atoms with E-state index >= 15 is 0 Å². The van der Waals surface area contributed by atoms with E-state index < -0.39 is 17.4 Å². The Hall–Kier alpha value is -4.76. The summed E-state index contributed by atoms with van der Waals surface area (Å²) < 4.78 is 12.5. The molecule has 0 bridgehead atoms. The Morgan fingerprint density at radius 2 is 1.63 bits per heavy atom. The maximum absolute atomic E-state index is 13.9. The molecule has 9 heteroatoms. The molecule has 0 saturated heterocycles. The minimum absolute atomic E-state index is 0.00731. The maximum Gasteiger partial charge on any atom is 0.359 e. The fourth-order valence-electron chi connectivity index (χ4n) is 5.04. The highest BCUT2D eigenvalue weighted by molar-refractivity contribution is 7.16. The van der Waals surface area contributed by atoms with Gasteiger partial charge in [-0.1, -0.05) is 62.4 Å². The molecule has 0 atom stereocenters. The first-order valence-electron chi connectivity index (χ1n) is 13.4. The van der Waals surface area contributed by atoms with Crippen LogP contribution in [-0.2, 0) is 9.53 Å². The molecule has 0 fully saturated rings. The zero-order valence-electron chi connectivity index (χ0n) is 22.7. The average Bonchev–Trinajstić information content (AvgIpc) is 3.40. The number of para-hydroxylation sites is 2. The normalized spacial score (nSPS) is 12.5. The minimum Gasteiger partial charge on any atom is -0.461 e. The van der Waals surface area contributed by atoms with Crippen LogP contribution in [0.3, 0.4) is 0 Å². The predicted octanol–water partition coefficient (Wildman–Crippen LogP) is 6.62. The van der Waals surface area contributed by atoms with Gasteiger partial charge in [0.2, 0.25) is 5.91 Å². The SMILES string of the molecule is CCOC(=O)c1nn(-c2ccc(C(C)C)cc2)c(=O)c2c(NC(=O)C3c4ccccc4Oc4ccccc43)scc12. The summed E-state index contributed by atoms with van der Waals surface area (Å²) in [7, 11) is 0. The molecule has 6 rings (SSSR count). The number of aromatic nitrogens is 2. The van der Waals surface area contributed by atoms with E-state index in [9.17, 15) is 14.4 Å². The summed E-state index contributed by atoms with van der Waals surface area (Å²) >= 11 is 1.17. The molecule has 0 saturated carbocycles. The Kier molecular flexibility index (Phi) is 6.88. The van der Waals surface area contributed by atoms with Crippen LogP contribution in [0.2, 0.25) is 0 Å². The molecule has 1 aliphatic rings. The van der Waals surface area contributed by atoms with Gasteiger partial charge in [-0.15, -0.1) is 11.3 Å². The summed E-state index contributed by atoms with van der Waals surface area (Å²) in [5.41, 5.74) is 2.61. The Labute approximate surface area is 240 Å². The van der Waals surface area contributed by atoms with Crippen LogP contribution in [0.1, 0.15) is 59.8 Å². The molecule has 0 radical (unpaired) electrons. The van der Waals surface area contributed by atoms with Gasteiger partial charge in [-0.25, -0.2) is 4.79 Å². The van der Waals surface area contributed by atoms with Crippen molar-refractivity contribution in [2.24, 2.45) is 0 Å². The van der Waals surface area contributed by atoms with E-state index in [2.05, 4.69) is 24.3 Å². The molecule has 3 aromatic carbocycles. The Morgan fingerprint density at radius 1 is 1.00 bits per heavy atom. The number of nitrogens with zero attached hydrogens (tertiary/aromatic N) is 2. The lowest BCUT2D eigenvalue weighted by atomic mass is 9.87. The third-order valence-corrected chi connectivity index (χ3v) is 8.00. The van der Waals surface area contributed by atoms with E-state index in [0.29, 0.717) is 33.5 Å². The molecule has 41 heavy (non-hydrogen) atoms. The molecule has 1 amide bonds. The smallest absolute Gasteiger partial charge is 0.359 e. The molecule has 0 spiro atoms. The highest BCUT2D eigenvalue weighted by Crippen LogP contribution is 2.44. The fraction of sp³-hybridized carbons (Fsp3) is 0.188. The van der Waals surface area contributed by atoms with Crippen LogP contribution in [-0.4, -0.2) is 28.3 Å². The molecule has 206 valence electrons. The maximum atomic E-state index is 13.9. The van der Waals surface area contributed by atoms with Crippen molar-refractivity contribution in [3.05, 3.63) is 111 Å². The fourth-order valence-corrected chi connectivity index (χ4v) is 5.98. The average molecular weight is 566 g/mol. The molecular weight excluding hydrogens is 538 g/mol. The third kappa shape index (κ3) is 4.68. The molecule has 5 aromatic rings. The van der Waals surface area contributed by atoms with Crippen molar-refractivity contribution in [1.82, 2.24) is 9.78 Å². The molecular formula is C32H27N3O5S. The van der Waals surface area contributed by atoms with Crippen LogP contribution in [0.5, 0.6) is 11.5 Å². The first-order chi connectivity index (χ1) is 19.9. The number of esters is 1. The summed E-state index contributed by atoms with van der Waals surface area (Å²) in [6.07, 6.45) is 0. The van der Waals surface area contributed by atoms with E-state index in [1.807, 2.05) is 60.7 Å². The van der Waals surface area contributed by atoms with Crippen LogP contribution in [0.4, 0.5) is 5.00 Å². The minimum atomic E-state index is -0.662. The molecule has 3 heterocycles. The molecule has 0 aliphatic carbocycles. The van der Waals surface area contributed by atoms with Gasteiger partial charge in [0.05, 0.1) is 23.6 Å². The van der Waals surface area contributed by atoms with E-state index in [1.54, 1.807) is 24.4 Å². The largest absolute Gasteiger partial charge is 0.461 e. The monoisotopic (exact) mass is 565 g/mol. The van der Waals surface area contributed by atoms with Gasteiger partial charge < -0.3 is 14.8 Å². The van der Waals surface area contributed by atoms with E-state index in [1.165, 1.54) is 16.0 Å². The first-order valence-corrected chi connectivity index (χ1v) is 14.2. The topological polar surface area (TPSA) is 99.5 Å². The van der Waals surface area contributed by atoms with Crippen molar-refractivity contribution in [3.63, 3.8) is 0 Å². The summed E-state index contributed by atoms with van der Waals surface area (Å²) in [5, 5.41) is 9.92. The second-order valence-corrected chi connectivity index (χ2v) is 10.9. The van der Waals surface area contributed by atoms with Gasteiger partial charge in [0.1, 0.15) is 16.5 Å². The van der Waals surface area contributed by atoms with Gasteiger partial charge in [0.15, 0.2) is 5.69 Å². The van der Waals surface area contributed by atoms with Gasteiger partial charge in [0, 0.05) is 21.9 Å². The van der Waals surface area contributed by atoms with Crippen LogP contribution >= 0.6 is 11.3 Å². The molecule has 1 aliphatic heterocycles. The summed E-state index contributed by atoms with van der Waals surface area (Å²) in [6.45, 7) is 6.03. The number of amides is 1. The molecule has 0 unspecified atom stereocenters. The van der Waals surface area contributed by atoms with Crippen LogP contribution in [0.15, 0.2) is 83.0 Å². The van der Waals surface area contributed by atoms with Crippen molar-refractivity contribution in [1.29, 1.82) is 0 Å². The van der Waals surface area contributed by atoms with Gasteiger partial charge in [-0.2, -0.15) is 9.78 Å². The number of hydrogen-bond acceptors (Lipinski definition) is 7. The van der Waals surface area contributed by atoms with Crippen molar-refractivity contribution >= 4 is 39.0 Å². The lowest BCUT2D eigenvalue weighted by Crippen LogP contribution is -2.27. The van der Waals surface area contributed by atoms with Crippen molar-refractivity contribution in [2.75, 3.05) is 11.9 Å². The highest BCUT2D eigenvalue weighted by Gasteiger charge is 2.33. The van der Waals surface area contributed by atoms with Crippen LogP contribution < -0.4 is 15.6 Å². The molecule has 1 N–H and O–H groups in total. The zero-order chi connectivity index (χ0) is 28.7. The number of ether oxygens (including phenoxy) is 2. The number of hydrogen-bond donors (Lipinski definition) is 1. The Morgan fingerprint density at radius 3 is 2.24 bits per heavy atom. The summed E-state index contributed by atoms with van der Waals surface area (Å²) in [5.74, 6) is -0.116. The first kappa shape index (κ1) is 26.5. The molecule has 8 nitrogen and oxygen atoms in total. The van der Waals surface area contributed by atoms with Gasteiger partial charge >= 0.3 is 5.97 Å². The summed E-state index contributed by atoms with van der Waals surface area (Å²) in [4.78, 5) is 40.8. The van der Waals surface area contributed by atoms with E-state index in [4.69, 9.17) is 9.47 Å². The van der Waals surface area contributed by atoms with Crippen molar-refractivity contribution in [2.45, 2.75) is 32.6 Å². The van der Waals surface area contributed by atoms with Gasteiger partial charge in [-0.05, 0) is 42.7 Å². The number of anilines is 1. The van der Waals surface area contributed by atoms with E-state index in [0.717, 1.165) is 16.7 Å². The zero-order valence-corrected chi connectivity index (χ0v) is 23.5.